The van der Waals surface area contributed by atoms with Crippen molar-refractivity contribution in [3.8, 4) is 0 Å². The van der Waals surface area contributed by atoms with Crippen molar-refractivity contribution in [1.29, 1.82) is 0 Å². The predicted octanol–water partition coefficient (Wildman–Crippen LogP) is 1.36. The molecule has 0 aromatic carbocycles. The molecule has 3 N–H and O–H groups in total. The lowest BCUT2D eigenvalue weighted by molar-refractivity contribution is 0.273. The first-order chi connectivity index (χ1) is 6.18. The van der Waals surface area contributed by atoms with E-state index in [4.69, 9.17) is 5.73 Å². The lowest BCUT2D eigenvalue weighted by atomic mass is 9.85. The largest absolute Gasteiger partial charge is 0.327 e. The highest BCUT2D eigenvalue weighted by molar-refractivity contribution is 4.99. The van der Waals surface area contributed by atoms with E-state index < -0.39 is 0 Å². The zero-order valence-electron chi connectivity index (χ0n) is 8.79. The second kappa shape index (κ2) is 3.58. The van der Waals surface area contributed by atoms with Crippen molar-refractivity contribution in [2.45, 2.75) is 45.2 Å². The van der Waals surface area contributed by atoms with Crippen LogP contribution in [0.25, 0.3) is 0 Å². The minimum Gasteiger partial charge on any atom is -0.327 e. The highest BCUT2D eigenvalue weighted by Crippen LogP contribution is 2.47. The number of rotatable bonds is 3. The summed E-state index contributed by atoms with van der Waals surface area (Å²) in [5.74, 6) is 2.55. The molecule has 0 aliphatic heterocycles. The van der Waals surface area contributed by atoms with E-state index in [1.807, 2.05) is 0 Å². The van der Waals surface area contributed by atoms with Gasteiger partial charge in [-0.05, 0) is 43.6 Å². The van der Waals surface area contributed by atoms with Gasteiger partial charge in [-0.1, -0.05) is 13.8 Å². The zero-order chi connectivity index (χ0) is 9.42. The van der Waals surface area contributed by atoms with Gasteiger partial charge in [0.15, 0.2) is 0 Å². The van der Waals surface area contributed by atoms with Gasteiger partial charge in [-0.3, -0.25) is 0 Å². The number of nitrogens with two attached hydrogens (primary N) is 1. The second-order valence-electron chi connectivity index (χ2n) is 5.14. The van der Waals surface area contributed by atoms with Crippen molar-refractivity contribution in [3.63, 3.8) is 0 Å². The summed E-state index contributed by atoms with van der Waals surface area (Å²) < 4.78 is 0. The SMILES string of the molecule is CC(C)NCC1C2CCC(C2)C1N. The molecule has 2 fully saturated rings. The van der Waals surface area contributed by atoms with Crippen LogP contribution in [0.3, 0.4) is 0 Å². The normalized spacial score (nSPS) is 43.4. The smallest absolute Gasteiger partial charge is 0.0110 e. The monoisotopic (exact) mass is 182 g/mol. The molecular weight excluding hydrogens is 160 g/mol. The maximum atomic E-state index is 6.21. The average Bonchev–Trinajstić information content (AvgIpc) is 2.61. The fourth-order valence-electron chi connectivity index (χ4n) is 3.13. The predicted molar refractivity (Wildman–Crippen MR) is 55.4 cm³/mol. The van der Waals surface area contributed by atoms with E-state index in [9.17, 15) is 0 Å². The topological polar surface area (TPSA) is 38.0 Å². The van der Waals surface area contributed by atoms with Crippen LogP contribution >= 0.6 is 0 Å². The van der Waals surface area contributed by atoms with Crippen molar-refractivity contribution >= 4 is 0 Å². The quantitative estimate of drug-likeness (QED) is 0.691. The summed E-state index contributed by atoms with van der Waals surface area (Å²) >= 11 is 0. The highest BCUT2D eigenvalue weighted by atomic mass is 14.9. The van der Waals surface area contributed by atoms with Crippen molar-refractivity contribution in [2.75, 3.05) is 6.54 Å². The molecule has 2 saturated carbocycles. The van der Waals surface area contributed by atoms with Gasteiger partial charge in [0.25, 0.3) is 0 Å². The Kier molecular flexibility index (Phi) is 2.61. The number of nitrogens with one attached hydrogen (secondary N) is 1. The molecule has 0 spiro atoms. The van der Waals surface area contributed by atoms with Gasteiger partial charge in [-0.25, -0.2) is 0 Å². The molecule has 2 aliphatic rings. The number of hydrogen-bond donors (Lipinski definition) is 2. The van der Waals surface area contributed by atoms with Crippen LogP contribution in [-0.2, 0) is 0 Å². The standard InChI is InChI=1S/C11H22N2/c1-7(2)13-6-10-8-3-4-9(5-8)11(10)12/h7-11,13H,3-6,12H2,1-2H3. The maximum absolute atomic E-state index is 6.21. The van der Waals surface area contributed by atoms with Crippen LogP contribution in [0.2, 0.25) is 0 Å². The Morgan fingerprint density at radius 1 is 1.31 bits per heavy atom. The summed E-state index contributed by atoms with van der Waals surface area (Å²) in [6.07, 6.45) is 4.23. The van der Waals surface area contributed by atoms with Gasteiger partial charge in [0, 0.05) is 12.1 Å². The summed E-state index contributed by atoms with van der Waals surface area (Å²) in [5.41, 5.74) is 6.21. The average molecular weight is 182 g/mol. The Morgan fingerprint density at radius 3 is 2.54 bits per heavy atom. The van der Waals surface area contributed by atoms with Crippen molar-refractivity contribution < 1.29 is 0 Å². The zero-order valence-corrected chi connectivity index (χ0v) is 8.79. The number of fused-ring (bicyclic) bond motifs is 2. The first-order valence-corrected chi connectivity index (χ1v) is 5.67. The summed E-state index contributed by atoms with van der Waals surface area (Å²) in [7, 11) is 0. The molecule has 0 aromatic rings. The highest BCUT2D eigenvalue weighted by Gasteiger charge is 2.45. The second-order valence-corrected chi connectivity index (χ2v) is 5.14. The summed E-state index contributed by atoms with van der Waals surface area (Å²) in [6.45, 7) is 5.55. The molecule has 2 rings (SSSR count). The third kappa shape index (κ3) is 1.75. The van der Waals surface area contributed by atoms with Gasteiger partial charge in [0.05, 0.1) is 0 Å². The minimum atomic E-state index is 0.491. The van der Waals surface area contributed by atoms with Gasteiger partial charge in [-0.15, -0.1) is 0 Å². The molecule has 2 bridgehead atoms. The van der Waals surface area contributed by atoms with Crippen molar-refractivity contribution in [1.82, 2.24) is 5.32 Å². The van der Waals surface area contributed by atoms with Crippen LogP contribution in [-0.4, -0.2) is 18.6 Å². The number of hydrogen-bond acceptors (Lipinski definition) is 2. The van der Waals surface area contributed by atoms with E-state index in [2.05, 4.69) is 19.2 Å². The molecule has 4 atom stereocenters. The lowest BCUT2D eigenvalue weighted by Crippen LogP contribution is -2.42. The van der Waals surface area contributed by atoms with Crippen LogP contribution in [0.4, 0.5) is 0 Å². The molecule has 0 aromatic heterocycles. The molecule has 0 radical (unpaired) electrons. The fourth-order valence-corrected chi connectivity index (χ4v) is 3.13. The van der Waals surface area contributed by atoms with E-state index in [0.29, 0.717) is 12.1 Å². The van der Waals surface area contributed by atoms with E-state index >= 15 is 0 Å². The Hall–Kier alpha value is -0.0800. The third-order valence-corrected chi connectivity index (χ3v) is 3.92. The molecule has 4 unspecified atom stereocenters. The summed E-state index contributed by atoms with van der Waals surface area (Å²) in [4.78, 5) is 0. The van der Waals surface area contributed by atoms with E-state index in [0.717, 1.165) is 24.3 Å². The molecule has 2 heteroatoms. The van der Waals surface area contributed by atoms with Gasteiger partial charge < -0.3 is 11.1 Å². The third-order valence-electron chi connectivity index (χ3n) is 3.92. The van der Waals surface area contributed by atoms with Crippen LogP contribution in [0, 0.1) is 17.8 Å². The Bertz CT molecular complexity index is 177. The van der Waals surface area contributed by atoms with Crippen LogP contribution in [0.15, 0.2) is 0 Å². The molecular formula is C11H22N2. The Balaban J connectivity index is 1.86. The van der Waals surface area contributed by atoms with E-state index in [1.54, 1.807) is 0 Å². The molecule has 2 aliphatic carbocycles. The van der Waals surface area contributed by atoms with Crippen LogP contribution in [0.1, 0.15) is 33.1 Å². The van der Waals surface area contributed by atoms with E-state index in [-0.39, 0.29) is 0 Å². The lowest BCUT2D eigenvalue weighted by Gasteiger charge is -2.29. The van der Waals surface area contributed by atoms with E-state index in [1.165, 1.54) is 19.3 Å². The van der Waals surface area contributed by atoms with Crippen LogP contribution in [0.5, 0.6) is 0 Å². The maximum Gasteiger partial charge on any atom is 0.0110 e. The molecule has 2 nitrogen and oxygen atoms in total. The Morgan fingerprint density at radius 2 is 2.00 bits per heavy atom. The first-order valence-electron chi connectivity index (χ1n) is 5.67. The molecule has 13 heavy (non-hydrogen) atoms. The Labute approximate surface area is 81.3 Å². The summed E-state index contributed by atoms with van der Waals surface area (Å²) in [6, 6.07) is 1.09. The molecule has 0 heterocycles. The van der Waals surface area contributed by atoms with Crippen LogP contribution < -0.4 is 11.1 Å². The molecule has 76 valence electrons. The van der Waals surface area contributed by atoms with Gasteiger partial charge in [-0.2, -0.15) is 0 Å². The molecule has 0 amide bonds. The van der Waals surface area contributed by atoms with Crippen molar-refractivity contribution in [2.24, 2.45) is 23.5 Å². The fraction of sp³-hybridized carbons (Fsp3) is 1.00. The van der Waals surface area contributed by atoms with Gasteiger partial charge in [0.1, 0.15) is 0 Å². The van der Waals surface area contributed by atoms with Crippen molar-refractivity contribution in [3.05, 3.63) is 0 Å². The van der Waals surface area contributed by atoms with Gasteiger partial charge in [0.2, 0.25) is 0 Å². The molecule has 0 saturated heterocycles. The summed E-state index contributed by atoms with van der Waals surface area (Å²) in [5, 5.41) is 3.52. The first kappa shape index (κ1) is 9.47. The van der Waals surface area contributed by atoms with Gasteiger partial charge >= 0.3 is 0 Å². The minimum absolute atomic E-state index is 0.491.